The van der Waals surface area contributed by atoms with Gasteiger partial charge in [-0.05, 0) is 49.9 Å². The summed E-state index contributed by atoms with van der Waals surface area (Å²) in [5.41, 5.74) is -0.0218. The normalized spacial score (nSPS) is 11.4. The minimum Gasteiger partial charge on any atom is -0.452 e. The average molecular weight is 468 g/mol. The van der Waals surface area contributed by atoms with Crippen LogP contribution in [0.15, 0.2) is 46.7 Å². The van der Waals surface area contributed by atoms with Crippen LogP contribution in [-0.2, 0) is 26.0 Å². The van der Waals surface area contributed by atoms with E-state index in [2.05, 4.69) is 10.6 Å². The summed E-state index contributed by atoms with van der Waals surface area (Å²) in [7, 11) is -2.33. The number of esters is 1. The molecular weight excluding hydrogens is 442 g/mol. The van der Waals surface area contributed by atoms with Crippen LogP contribution in [0.3, 0.4) is 0 Å². The van der Waals surface area contributed by atoms with Crippen LogP contribution < -0.4 is 10.6 Å². The van der Waals surface area contributed by atoms with E-state index >= 15 is 0 Å². The van der Waals surface area contributed by atoms with Crippen molar-refractivity contribution in [2.24, 2.45) is 0 Å². The minimum absolute atomic E-state index is 0.0218. The highest BCUT2D eigenvalue weighted by Gasteiger charge is 2.24. The van der Waals surface area contributed by atoms with Crippen molar-refractivity contribution in [1.29, 1.82) is 0 Å². The Hall–Kier alpha value is -2.76. The number of ether oxygens (including phenoxy) is 1. The molecule has 1 aromatic carbocycles. The van der Waals surface area contributed by atoms with Crippen molar-refractivity contribution >= 4 is 39.3 Å². The van der Waals surface area contributed by atoms with E-state index in [0.717, 1.165) is 4.88 Å². The summed E-state index contributed by atoms with van der Waals surface area (Å²) in [6.45, 7) is 3.13. The monoisotopic (exact) mass is 467 g/mol. The molecule has 0 saturated heterocycles. The smallest absolute Gasteiger partial charge is 0.338 e. The number of sulfonamides is 1. The number of urea groups is 1. The maximum atomic E-state index is 12.6. The zero-order valence-corrected chi connectivity index (χ0v) is 19.1. The topological polar surface area (TPSA) is 122 Å². The van der Waals surface area contributed by atoms with E-state index in [1.54, 1.807) is 25.2 Å². The number of benzene rings is 1. The Morgan fingerprint density at radius 1 is 1.16 bits per heavy atom. The summed E-state index contributed by atoms with van der Waals surface area (Å²) < 4.78 is 31.2. The third-order valence-corrected chi connectivity index (χ3v) is 7.26. The molecule has 0 spiro atoms. The molecule has 31 heavy (non-hydrogen) atoms. The predicted molar refractivity (Wildman–Crippen MR) is 116 cm³/mol. The minimum atomic E-state index is -3.77. The molecule has 0 radical (unpaired) electrons. The Morgan fingerprint density at radius 2 is 1.90 bits per heavy atom. The van der Waals surface area contributed by atoms with Crippen LogP contribution in [0.5, 0.6) is 0 Å². The highest BCUT2D eigenvalue weighted by Crippen LogP contribution is 2.18. The molecule has 0 atom stereocenters. The van der Waals surface area contributed by atoms with Crippen LogP contribution in [0.4, 0.5) is 4.79 Å². The van der Waals surface area contributed by atoms with Crippen LogP contribution in [0, 0.1) is 0 Å². The first-order valence-corrected chi connectivity index (χ1v) is 11.8. The van der Waals surface area contributed by atoms with E-state index in [1.807, 2.05) is 17.5 Å². The zero-order chi connectivity index (χ0) is 23.0. The third-order valence-electron chi connectivity index (χ3n) is 4.30. The van der Waals surface area contributed by atoms with Crippen molar-refractivity contribution in [2.45, 2.75) is 31.2 Å². The highest BCUT2D eigenvalue weighted by molar-refractivity contribution is 7.89. The van der Waals surface area contributed by atoms with Gasteiger partial charge in [0.15, 0.2) is 6.61 Å². The van der Waals surface area contributed by atoms with Gasteiger partial charge in [0.1, 0.15) is 0 Å². The molecule has 11 heteroatoms. The summed E-state index contributed by atoms with van der Waals surface area (Å²) in [4.78, 5) is 36.8. The van der Waals surface area contributed by atoms with E-state index in [9.17, 15) is 22.8 Å². The van der Waals surface area contributed by atoms with Crippen molar-refractivity contribution < 1.29 is 27.5 Å². The van der Waals surface area contributed by atoms with Gasteiger partial charge in [-0.15, -0.1) is 11.3 Å². The zero-order valence-electron chi connectivity index (χ0n) is 17.5. The lowest BCUT2D eigenvalue weighted by Crippen LogP contribution is -2.42. The fraction of sp³-hybridized carbons (Fsp3) is 0.350. The number of amides is 3. The van der Waals surface area contributed by atoms with Crippen LogP contribution >= 0.6 is 11.3 Å². The summed E-state index contributed by atoms with van der Waals surface area (Å²) in [6, 6.07) is 8.25. The van der Waals surface area contributed by atoms with Crippen molar-refractivity contribution in [2.75, 3.05) is 20.2 Å². The van der Waals surface area contributed by atoms with Gasteiger partial charge < -0.3 is 10.1 Å². The molecule has 1 heterocycles. The van der Waals surface area contributed by atoms with Crippen molar-refractivity contribution in [3.05, 3.63) is 52.2 Å². The van der Waals surface area contributed by atoms with Gasteiger partial charge in [-0.2, -0.15) is 4.31 Å². The van der Waals surface area contributed by atoms with Crippen LogP contribution in [0.2, 0.25) is 0 Å². The predicted octanol–water partition coefficient (Wildman–Crippen LogP) is 2.00. The van der Waals surface area contributed by atoms with Gasteiger partial charge in [0.25, 0.3) is 5.91 Å². The van der Waals surface area contributed by atoms with E-state index in [-0.39, 0.29) is 16.5 Å². The number of rotatable bonds is 9. The number of nitrogens with one attached hydrogen (secondary N) is 2. The van der Waals surface area contributed by atoms with Crippen LogP contribution in [0.1, 0.15) is 29.1 Å². The number of thiophene rings is 1. The molecule has 1 aromatic heterocycles. The molecule has 0 unspecified atom stereocenters. The lowest BCUT2D eigenvalue weighted by molar-refractivity contribution is -0.123. The van der Waals surface area contributed by atoms with Crippen molar-refractivity contribution in [3.8, 4) is 0 Å². The first kappa shape index (κ1) is 24.5. The Bertz CT molecular complexity index is 1020. The lowest BCUT2D eigenvalue weighted by Gasteiger charge is -2.21. The second-order valence-corrected chi connectivity index (χ2v) is 9.88. The Balaban J connectivity index is 1.85. The molecule has 2 aromatic rings. The Kier molecular flexibility index (Phi) is 8.72. The summed E-state index contributed by atoms with van der Waals surface area (Å²) in [6.07, 6.45) is 0.638. The largest absolute Gasteiger partial charge is 0.452 e. The first-order valence-electron chi connectivity index (χ1n) is 9.46. The Labute approximate surface area is 185 Å². The SMILES string of the molecule is CC(C)N(C)S(=O)(=O)c1cccc(C(=O)OCC(=O)NC(=O)NCCc2cccs2)c1. The molecular formula is C20H25N3O6S2. The van der Waals surface area contributed by atoms with Crippen LogP contribution in [0.25, 0.3) is 0 Å². The summed E-state index contributed by atoms with van der Waals surface area (Å²) in [5.74, 6) is -1.68. The second kappa shape index (κ2) is 11.0. The van der Waals surface area contributed by atoms with E-state index in [4.69, 9.17) is 4.74 Å². The standard InChI is InChI=1S/C20H25N3O6S2/c1-14(2)23(3)31(27,28)17-8-4-6-15(12-17)19(25)29-13-18(24)22-20(26)21-10-9-16-7-5-11-30-16/h4-8,11-12,14H,9-10,13H2,1-3H3,(H2,21,22,24,26). The number of hydrogen-bond donors (Lipinski definition) is 2. The third kappa shape index (κ3) is 7.16. The number of carbonyl (C=O) groups is 3. The quantitative estimate of drug-likeness (QED) is 0.544. The summed E-state index contributed by atoms with van der Waals surface area (Å²) in [5, 5.41) is 6.53. The van der Waals surface area contributed by atoms with Gasteiger partial charge in [-0.1, -0.05) is 12.1 Å². The highest BCUT2D eigenvalue weighted by atomic mass is 32.2. The Morgan fingerprint density at radius 3 is 2.55 bits per heavy atom. The number of hydrogen-bond acceptors (Lipinski definition) is 7. The van der Waals surface area contributed by atoms with E-state index in [0.29, 0.717) is 13.0 Å². The molecule has 0 fully saturated rings. The second-order valence-electron chi connectivity index (χ2n) is 6.85. The molecule has 9 nitrogen and oxygen atoms in total. The van der Waals surface area contributed by atoms with Gasteiger partial charge in [-0.3, -0.25) is 10.1 Å². The number of imide groups is 1. The fourth-order valence-corrected chi connectivity index (χ4v) is 4.53. The number of carbonyl (C=O) groups excluding carboxylic acids is 3. The van der Waals surface area contributed by atoms with Gasteiger partial charge in [-0.25, -0.2) is 18.0 Å². The van der Waals surface area contributed by atoms with Crippen LogP contribution in [-0.4, -0.2) is 56.9 Å². The molecule has 3 amide bonds. The molecule has 0 aliphatic carbocycles. The molecule has 0 aliphatic rings. The lowest BCUT2D eigenvalue weighted by atomic mass is 10.2. The molecule has 2 rings (SSSR count). The molecule has 0 saturated carbocycles. The van der Waals surface area contributed by atoms with E-state index < -0.39 is 34.5 Å². The van der Waals surface area contributed by atoms with Gasteiger partial charge in [0.05, 0.1) is 10.5 Å². The molecule has 168 valence electrons. The average Bonchev–Trinajstić information content (AvgIpc) is 3.24. The fourth-order valence-electron chi connectivity index (χ4n) is 2.40. The van der Waals surface area contributed by atoms with Gasteiger partial charge in [0.2, 0.25) is 10.0 Å². The van der Waals surface area contributed by atoms with E-state index in [1.165, 1.54) is 35.6 Å². The first-order chi connectivity index (χ1) is 14.6. The van der Waals surface area contributed by atoms with Gasteiger partial charge >= 0.3 is 12.0 Å². The van der Waals surface area contributed by atoms with Crippen molar-refractivity contribution in [3.63, 3.8) is 0 Å². The van der Waals surface area contributed by atoms with Crippen molar-refractivity contribution in [1.82, 2.24) is 14.9 Å². The molecule has 0 aliphatic heterocycles. The number of nitrogens with zero attached hydrogens (tertiary/aromatic N) is 1. The van der Waals surface area contributed by atoms with Gasteiger partial charge in [0, 0.05) is 24.5 Å². The maximum Gasteiger partial charge on any atom is 0.338 e. The summed E-state index contributed by atoms with van der Waals surface area (Å²) >= 11 is 1.57. The molecule has 2 N–H and O–H groups in total. The maximum absolute atomic E-state index is 12.6. The molecule has 0 bridgehead atoms.